The van der Waals surface area contributed by atoms with Gasteiger partial charge >= 0.3 is 0 Å². The number of rotatable bonds is 8. The molecule has 0 spiro atoms. The van der Waals surface area contributed by atoms with E-state index in [4.69, 9.17) is 9.47 Å². The Morgan fingerprint density at radius 1 is 1.34 bits per heavy atom. The zero-order chi connectivity index (χ0) is 20.6. The first-order chi connectivity index (χ1) is 14.0. The summed E-state index contributed by atoms with van der Waals surface area (Å²) in [5, 5.41) is 15.0. The third kappa shape index (κ3) is 6.45. The van der Waals surface area contributed by atoms with E-state index < -0.39 is 0 Å². The zero-order valence-electron chi connectivity index (χ0n) is 17.8. The minimum absolute atomic E-state index is 0.0106. The van der Waals surface area contributed by atoms with Crippen molar-refractivity contribution in [1.29, 1.82) is 0 Å². The molecule has 1 aromatic carbocycles. The van der Waals surface area contributed by atoms with Gasteiger partial charge in [-0.15, -0.1) is 10.2 Å². The van der Waals surface area contributed by atoms with Gasteiger partial charge in [0.2, 0.25) is 0 Å². The van der Waals surface area contributed by atoms with Gasteiger partial charge in [-0.05, 0) is 51.3 Å². The van der Waals surface area contributed by atoms with E-state index in [-0.39, 0.29) is 12.2 Å². The van der Waals surface area contributed by atoms with E-state index in [0.717, 1.165) is 49.4 Å². The summed E-state index contributed by atoms with van der Waals surface area (Å²) in [4.78, 5) is 4.68. The van der Waals surface area contributed by atoms with E-state index in [2.05, 4.69) is 38.8 Å². The molecule has 8 heteroatoms. The molecule has 1 aromatic heterocycles. The highest BCUT2D eigenvalue weighted by atomic mass is 16.5. The SMILES string of the molecule is Cc1cccc(OC(C)CNC(=NCc2nnc(C)n2C)NCC2CCCO2)c1. The molecule has 0 aliphatic carbocycles. The molecule has 0 saturated carbocycles. The standard InChI is InChI=1S/C21H32N6O2/c1-15-7-5-8-18(11-15)29-16(2)12-22-21(23-13-19-9-6-10-28-19)24-14-20-26-25-17(3)27(20)4/h5,7-8,11,16,19H,6,9-10,12-14H2,1-4H3,(H2,22,23,24). The van der Waals surface area contributed by atoms with Crippen molar-refractivity contribution in [2.75, 3.05) is 19.7 Å². The molecule has 0 amide bonds. The molecule has 3 rings (SSSR count). The molecule has 1 saturated heterocycles. The van der Waals surface area contributed by atoms with Gasteiger partial charge in [-0.2, -0.15) is 0 Å². The number of hydrogen-bond donors (Lipinski definition) is 2. The maximum Gasteiger partial charge on any atom is 0.191 e. The van der Waals surface area contributed by atoms with Crippen molar-refractivity contribution in [2.24, 2.45) is 12.0 Å². The molecule has 1 fully saturated rings. The van der Waals surface area contributed by atoms with Crippen LogP contribution in [0.4, 0.5) is 0 Å². The van der Waals surface area contributed by atoms with Crippen LogP contribution in [0.15, 0.2) is 29.3 Å². The minimum Gasteiger partial charge on any atom is -0.489 e. The molecular weight excluding hydrogens is 368 g/mol. The fraction of sp³-hybridized carbons (Fsp3) is 0.571. The summed E-state index contributed by atoms with van der Waals surface area (Å²) in [7, 11) is 1.95. The van der Waals surface area contributed by atoms with E-state index in [1.165, 1.54) is 5.56 Å². The summed E-state index contributed by atoms with van der Waals surface area (Å²) in [5.41, 5.74) is 1.18. The van der Waals surface area contributed by atoms with Gasteiger partial charge in [0.25, 0.3) is 0 Å². The van der Waals surface area contributed by atoms with Crippen LogP contribution in [0.2, 0.25) is 0 Å². The van der Waals surface area contributed by atoms with Gasteiger partial charge in [-0.1, -0.05) is 12.1 Å². The lowest BCUT2D eigenvalue weighted by Crippen LogP contribution is -2.44. The van der Waals surface area contributed by atoms with E-state index in [1.807, 2.05) is 43.7 Å². The Morgan fingerprint density at radius 2 is 2.21 bits per heavy atom. The third-order valence-corrected chi connectivity index (χ3v) is 4.97. The number of benzene rings is 1. The first-order valence-corrected chi connectivity index (χ1v) is 10.2. The highest BCUT2D eigenvalue weighted by molar-refractivity contribution is 5.79. The number of aryl methyl sites for hydroxylation is 2. The zero-order valence-corrected chi connectivity index (χ0v) is 17.8. The predicted molar refractivity (Wildman–Crippen MR) is 113 cm³/mol. The Kier molecular flexibility index (Phi) is 7.46. The van der Waals surface area contributed by atoms with Crippen molar-refractivity contribution in [1.82, 2.24) is 25.4 Å². The van der Waals surface area contributed by atoms with Gasteiger partial charge in [0.1, 0.15) is 24.2 Å². The van der Waals surface area contributed by atoms with Gasteiger partial charge in [-0.3, -0.25) is 0 Å². The average molecular weight is 401 g/mol. The number of guanidine groups is 1. The molecule has 2 unspecified atom stereocenters. The summed E-state index contributed by atoms with van der Waals surface area (Å²) in [5.74, 6) is 3.29. The first kappa shape index (κ1) is 21.1. The fourth-order valence-electron chi connectivity index (χ4n) is 3.13. The number of ether oxygens (including phenoxy) is 2. The second-order valence-electron chi connectivity index (χ2n) is 7.53. The maximum atomic E-state index is 6.01. The lowest BCUT2D eigenvalue weighted by atomic mass is 10.2. The van der Waals surface area contributed by atoms with Gasteiger partial charge < -0.3 is 24.7 Å². The molecule has 0 radical (unpaired) electrons. The van der Waals surface area contributed by atoms with Crippen LogP contribution in [0.5, 0.6) is 5.75 Å². The molecular formula is C21H32N6O2. The van der Waals surface area contributed by atoms with Crippen molar-refractivity contribution < 1.29 is 9.47 Å². The highest BCUT2D eigenvalue weighted by Crippen LogP contribution is 2.14. The van der Waals surface area contributed by atoms with Crippen molar-refractivity contribution in [2.45, 2.75) is 52.4 Å². The van der Waals surface area contributed by atoms with Crippen LogP contribution < -0.4 is 15.4 Å². The number of aliphatic imine (C=N–C) groups is 1. The first-order valence-electron chi connectivity index (χ1n) is 10.2. The number of nitrogens with zero attached hydrogens (tertiary/aromatic N) is 4. The summed E-state index contributed by atoms with van der Waals surface area (Å²) < 4.78 is 13.7. The molecule has 1 aliphatic heterocycles. The maximum absolute atomic E-state index is 6.01. The predicted octanol–water partition coefficient (Wildman–Crippen LogP) is 2.11. The second-order valence-corrected chi connectivity index (χ2v) is 7.53. The van der Waals surface area contributed by atoms with E-state index in [1.54, 1.807) is 0 Å². The topological polar surface area (TPSA) is 85.6 Å². The number of hydrogen-bond acceptors (Lipinski definition) is 5. The van der Waals surface area contributed by atoms with Crippen LogP contribution in [0.25, 0.3) is 0 Å². The van der Waals surface area contributed by atoms with Crippen LogP contribution >= 0.6 is 0 Å². The van der Waals surface area contributed by atoms with Crippen LogP contribution in [0.1, 0.15) is 37.0 Å². The Bertz CT molecular complexity index is 813. The molecule has 158 valence electrons. The molecule has 2 aromatic rings. The lowest BCUT2D eigenvalue weighted by Gasteiger charge is -2.19. The smallest absolute Gasteiger partial charge is 0.191 e. The largest absolute Gasteiger partial charge is 0.489 e. The van der Waals surface area contributed by atoms with Crippen molar-refractivity contribution >= 4 is 5.96 Å². The summed E-state index contributed by atoms with van der Waals surface area (Å²) in [6.45, 7) is 8.68. The molecule has 2 atom stereocenters. The number of aromatic nitrogens is 3. The van der Waals surface area contributed by atoms with Crippen molar-refractivity contribution in [3.63, 3.8) is 0 Å². The Labute approximate surface area is 172 Å². The van der Waals surface area contributed by atoms with Crippen molar-refractivity contribution in [3.8, 4) is 5.75 Å². The fourth-order valence-corrected chi connectivity index (χ4v) is 3.13. The molecule has 2 heterocycles. The summed E-state index contributed by atoms with van der Waals surface area (Å²) in [6.07, 6.45) is 2.42. The van der Waals surface area contributed by atoms with Crippen molar-refractivity contribution in [3.05, 3.63) is 41.5 Å². The third-order valence-electron chi connectivity index (χ3n) is 4.97. The van der Waals surface area contributed by atoms with Gasteiger partial charge in [0, 0.05) is 20.2 Å². The van der Waals surface area contributed by atoms with Crippen LogP contribution in [0.3, 0.4) is 0 Å². The van der Waals surface area contributed by atoms with Crippen LogP contribution in [-0.4, -0.2) is 52.6 Å². The van der Waals surface area contributed by atoms with E-state index >= 15 is 0 Å². The van der Waals surface area contributed by atoms with Gasteiger partial charge in [-0.25, -0.2) is 4.99 Å². The Hall–Kier alpha value is -2.61. The molecule has 1 aliphatic rings. The quantitative estimate of drug-likeness (QED) is 0.521. The summed E-state index contributed by atoms with van der Waals surface area (Å²) >= 11 is 0. The lowest BCUT2D eigenvalue weighted by molar-refractivity contribution is 0.113. The Balaban J connectivity index is 1.57. The molecule has 2 N–H and O–H groups in total. The molecule has 0 bridgehead atoms. The highest BCUT2D eigenvalue weighted by Gasteiger charge is 2.16. The molecule has 8 nitrogen and oxygen atoms in total. The minimum atomic E-state index is -0.0106. The van der Waals surface area contributed by atoms with Gasteiger partial charge in [0.05, 0.1) is 12.6 Å². The Morgan fingerprint density at radius 3 is 2.90 bits per heavy atom. The van der Waals surface area contributed by atoms with Crippen LogP contribution in [-0.2, 0) is 18.3 Å². The normalized spacial score (nSPS) is 17.9. The van der Waals surface area contributed by atoms with E-state index in [0.29, 0.717) is 13.1 Å². The molecule has 29 heavy (non-hydrogen) atoms. The van der Waals surface area contributed by atoms with Crippen LogP contribution in [0, 0.1) is 13.8 Å². The number of nitrogens with one attached hydrogen (secondary N) is 2. The van der Waals surface area contributed by atoms with Gasteiger partial charge in [0.15, 0.2) is 11.8 Å². The van der Waals surface area contributed by atoms with E-state index in [9.17, 15) is 0 Å². The average Bonchev–Trinajstić information content (AvgIpc) is 3.32. The monoisotopic (exact) mass is 400 g/mol. The second kappa shape index (κ2) is 10.2. The summed E-state index contributed by atoms with van der Waals surface area (Å²) in [6, 6.07) is 8.08.